The lowest BCUT2D eigenvalue weighted by atomic mass is 10.1. The summed E-state index contributed by atoms with van der Waals surface area (Å²) in [6, 6.07) is 14.2. The molecule has 0 fully saturated rings. The molecule has 0 aliphatic carbocycles. The number of aromatic nitrogens is 2. The average Bonchev–Trinajstić information content (AvgIpc) is 2.72. The van der Waals surface area contributed by atoms with E-state index in [4.69, 9.17) is 11.6 Å². The third kappa shape index (κ3) is 4.32. The summed E-state index contributed by atoms with van der Waals surface area (Å²) in [5, 5.41) is 3.93. The zero-order valence-electron chi connectivity index (χ0n) is 17.3. The van der Waals surface area contributed by atoms with Crippen molar-refractivity contribution in [2.75, 3.05) is 20.6 Å². The van der Waals surface area contributed by atoms with Crippen molar-refractivity contribution in [3.63, 3.8) is 0 Å². The van der Waals surface area contributed by atoms with Gasteiger partial charge in [0, 0.05) is 18.1 Å². The number of fused-ring (bicyclic) bond motifs is 1. The molecular weight excluding hydrogens is 404 g/mol. The Morgan fingerprint density at radius 3 is 2.40 bits per heavy atom. The number of carbonyl (C=O) groups excluding carboxylic acids is 1. The van der Waals surface area contributed by atoms with Gasteiger partial charge in [-0.05, 0) is 44.8 Å². The maximum Gasteiger partial charge on any atom is 0.331 e. The third-order valence-corrected chi connectivity index (χ3v) is 5.47. The molecule has 0 aliphatic rings. The van der Waals surface area contributed by atoms with Gasteiger partial charge in [-0.25, -0.2) is 4.79 Å². The number of rotatable bonds is 7. The fourth-order valence-electron chi connectivity index (χ4n) is 3.53. The van der Waals surface area contributed by atoms with Crippen molar-refractivity contribution in [2.45, 2.75) is 26.1 Å². The first-order valence-corrected chi connectivity index (χ1v) is 10.1. The van der Waals surface area contributed by atoms with E-state index in [2.05, 4.69) is 5.32 Å². The quantitative estimate of drug-likeness (QED) is 0.626. The van der Waals surface area contributed by atoms with Gasteiger partial charge in [0.25, 0.3) is 5.56 Å². The van der Waals surface area contributed by atoms with Crippen LogP contribution in [0.3, 0.4) is 0 Å². The SMILES string of the molecule is CCn1c(=O)c2ccccc2n(CC(=O)NCC(c2ccccc2Cl)N(C)C)c1=O. The highest BCUT2D eigenvalue weighted by Gasteiger charge is 2.19. The van der Waals surface area contributed by atoms with E-state index in [0.717, 1.165) is 10.1 Å². The minimum Gasteiger partial charge on any atom is -0.353 e. The van der Waals surface area contributed by atoms with Gasteiger partial charge in [-0.2, -0.15) is 0 Å². The topological polar surface area (TPSA) is 76.3 Å². The lowest BCUT2D eigenvalue weighted by molar-refractivity contribution is -0.121. The number of amides is 1. The van der Waals surface area contributed by atoms with E-state index in [-0.39, 0.29) is 30.6 Å². The molecule has 1 heterocycles. The Morgan fingerprint density at radius 2 is 1.73 bits per heavy atom. The maximum absolute atomic E-state index is 12.8. The van der Waals surface area contributed by atoms with Crippen LogP contribution in [0.1, 0.15) is 18.5 Å². The molecule has 1 N–H and O–H groups in total. The second-order valence-corrected chi connectivity index (χ2v) is 7.65. The first-order chi connectivity index (χ1) is 14.3. The number of likely N-dealkylation sites (N-methyl/N-ethyl adjacent to an activating group) is 1. The van der Waals surface area contributed by atoms with Gasteiger partial charge in [0.2, 0.25) is 5.91 Å². The number of nitrogens with one attached hydrogen (secondary N) is 1. The van der Waals surface area contributed by atoms with Crippen LogP contribution in [0.4, 0.5) is 0 Å². The highest BCUT2D eigenvalue weighted by atomic mass is 35.5. The monoisotopic (exact) mass is 428 g/mol. The van der Waals surface area contributed by atoms with Crippen molar-refractivity contribution in [2.24, 2.45) is 0 Å². The Bertz CT molecular complexity index is 1180. The molecule has 7 nitrogen and oxygen atoms in total. The molecule has 8 heteroatoms. The van der Waals surface area contributed by atoms with Gasteiger partial charge in [0.15, 0.2) is 0 Å². The molecule has 1 unspecified atom stereocenters. The number of carbonyl (C=O) groups is 1. The van der Waals surface area contributed by atoms with Gasteiger partial charge in [-0.3, -0.25) is 18.7 Å². The minimum atomic E-state index is -0.494. The standard InChI is InChI=1S/C22H25ClN4O3/c1-4-26-21(29)16-10-6-8-12-18(16)27(22(26)30)14-20(28)24-13-19(25(2)3)15-9-5-7-11-17(15)23/h5-12,19H,4,13-14H2,1-3H3,(H,24,28). The van der Waals surface area contributed by atoms with Gasteiger partial charge >= 0.3 is 5.69 Å². The van der Waals surface area contributed by atoms with Gasteiger partial charge in [-0.15, -0.1) is 0 Å². The largest absolute Gasteiger partial charge is 0.353 e. The molecule has 3 aromatic rings. The summed E-state index contributed by atoms with van der Waals surface area (Å²) in [6.45, 7) is 2.12. The molecule has 0 saturated carbocycles. The zero-order valence-corrected chi connectivity index (χ0v) is 18.0. The van der Waals surface area contributed by atoms with Crippen LogP contribution in [-0.4, -0.2) is 40.6 Å². The predicted octanol–water partition coefficient (Wildman–Crippen LogP) is 2.26. The van der Waals surface area contributed by atoms with Crippen LogP contribution in [0.15, 0.2) is 58.1 Å². The summed E-state index contributed by atoms with van der Waals surface area (Å²) < 4.78 is 2.48. The Labute approximate surface area is 179 Å². The summed E-state index contributed by atoms with van der Waals surface area (Å²) in [5.74, 6) is -0.317. The number of nitrogens with zero attached hydrogens (tertiary/aromatic N) is 3. The van der Waals surface area contributed by atoms with Crippen molar-refractivity contribution in [1.29, 1.82) is 0 Å². The summed E-state index contributed by atoms with van der Waals surface area (Å²) >= 11 is 6.33. The molecule has 2 aromatic carbocycles. The minimum absolute atomic E-state index is 0.124. The average molecular weight is 429 g/mol. The number of hydrogen-bond acceptors (Lipinski definition) is 4. The first-order valence-electron chi connectivity index (χ1n) is 9.75. The summed E-state index contributed by atoms with van der Waals surface area (Å²) in [4.78, 5) is 40.0. The van der Waals surface area contributed by atoms with Gasteiger partial charge in [0.05, 0.1) is 16.9 Å². The first kappa shape index (κ1) is 21.8. The molecule has 0 radical (unpaired) electrons. The highest BCUT2D eigenvalue weighted by Crippen LogP contribution is 2.25. The van der Waals surface area contributed by atoms with Crippen molar-refractivity contribution in [3.8, 4) is 0 Å². The van der Waals surface area contributed by atoms with Crippen LogP contribution >= 0.6 is 11.6 Å². The highest BCUT2D eigenvalue weighted by molar-refractivity contribution is 6.31. The van der Waals surface area contributed by atoms with E-state index in [1.54, 1.807) is 31.2 Å². The Balaban J connectivity index is 1.86. The number of hydrogen-bond donors (Lipinski definition) is 1. The zero-order chi connectivity index (χ0) is 21.8. The fourth-order valence-corrected chi connectivity index (χ4v) is 3.79. The van der Waals surface area contributed by atoms with Crippen LogP contribution in [-0.2, 0) is 17.9 Å². The van der Waals surface area contributed by atoms with Gasteiger partial charge in [-0.1, -0.05) is 41.9 Å². The lowest BCUT2D eigenvalue weighted by Gasteiger charge is -2.26. The van der Waals surface area contributed by atoms with Gasteiger partial charge < -0.3 is 10.2 Å². The van der Waals surface area contributed by atoms with E-state index in [0.29, 0.717) is 22.5 Å². The molecular formula is C22H25ClN4O3. The summed E-state index contributed by atoms with van der Waals surface area (Å²) in [6.07, 6.45) is 0. The van der Waals surface area contributed by atoms with Crippen LogP contribution in [0.2, 0.25) is 5.02 Å². The van der Waals surface area contributed by atoms with Crippen LogP contribution in [0, 0.1) is 0 Å². The second kappa shape index (κ2) is 9.28. The van der Waals surface area contributed by atoms with E-state index in [1.807, 2.05) is 43.3 Å². The van der Waals surface area contributed by atoms with Gasteiger partial charge in [0.1, 0.15) is 6.54 Å². The molecule has 30 heavy (non-hydrogen) atoms. The van der Waals surface area contributed by atoms with Crippen molar-refractivity contribution < 1.29 is 4.79 Å². The van der Waals surface area contributed by atoms with E-state index >= 15 is 0 Å². The molecule has 1 aromatic heterocycles. The van der Waals surface area contributed by atoms with E-state index in [9.17, 15) is 14.4 Å². The molecule has 0 bridgehead atoms. The third-order valence-electron chi connectivity index (χ3n) is 5.13. The molecule has 1 amide bonds. The summed E-state index contributed by atoms with van der Waals surface area (Å²) in [5.41, 5.74) is 0.516. The maximum atomic E-state index is 12.8. The van der Waals surface area contributed by atoms with Crippen LogP contribution in [0.25, 0.3) is 10.9 Å². The Hall–Kier alpha value is -2.90. The molecule has 0 spiro atoms. The molecule has 1 atom stereocenters. The van der Waals surface area contributed by atoms with Crippen molar-refractivity contribution in [1.82, 2.24) is 19.4 Å². The second-order valence-electron chi connectivity index (χ2n) is 7.24. The Morgan fingerprint density at radius 1 is 1.07 bits per heavy atom. The lowest BCUT2D eigenvalue weighted by Crippen LogP contribution is -2.43. The number of para-hydroxylation sites is 1. The van der Waals surface area contributed by atoms with Crippen LogP contribution < -0.4 is 16.6 Å². The van der Waals surface area contributed by atoms with Crippen molar-refractivity contribution in [3.05, 3.63) is 80.0 Å². The molecule has 3 rings (SSSR count). The Kier molecular flexibility index (Phi) is 6.74. The predicted molar refractivity (Wildman–Crippen MR) is 119 cm³/mol. The number of halogens is 1. The summed E-state index contributed by atoms with van der Waals surface area (Å²) in [7, 11) is 3.82. The molecule has 0 aliphatic heterocycles. The normalized spacial score (nSPS) is 12.3. The fraction of sp³-hybridized carbons (Fsp3) is 0.318. The van der Waals surface area contributed by atoms with Crippen molar-refractivity contribution >= 4 is 28.4 Å². The smallest absolute Gasteiger partial charge is 0.331 e. The molecule has 158 valence electrons. The number of benzene rings is 2. The van der Waals surface area contributed by atoms with Crippen LogP contribution in [0.5, 0.6) is 0 Å². The van der Waals surface area contributed by atoms with E-state index < -0.39 is 5.69 Å². The van der Waals surface area contributed by atoms with E-state index in [1.165, 1.54) is 4.57 Å². The molecule has 0 saturated heterocycles.